The first kappa shape index (κ1) is 31.6. The number of rotatable bonds is 7. The van der Waals surface area contributed by atoms with Crippen LogP contribution in [0.3, 0.4) is 0 Å². The normalized spacial score (nSPS) is 10.7. The van der Waals surface area contributed by atoms with Crippen LogP contribution in [0, 0.1) is 0 Å². The number of esters is 2. The molecule has 0 spiro atoms. The number of H-pyrrole nitrogens is 1. The van der Waals surface area contributed by atoms with E-state index >= 15 is 0 Å². The molecule has 12 heteroatoms. The van der Waals surface area contributed by atoms with Gasteiger partial charge in [-0.1, -0.05) is 18.2 Å². The molecule has 0 unspecified atom stereocenters. The number of aromatic amines is 1. The summed E-state index contributed by atoms with van der Waals surface area (Å²) in [7, 11) is 5.45. The molecule has 232 valence electrons. The summed E-state index contributed by atoms with van der Waals surface area (Å²) in [4.78, 5) is 47.8. The van der Waals surface area contributed by atoms with Gasteiger partial charge in [-0.05, 0) is 58.8 Å². The van der Waals surface area contributed by atoms with Crippen LogP contribution < -0.4 is 32.4 Å². The van der Waals surface area contributed by atoms with Gasteiger partial charge in [0.25, 0.3) is 5.56 Å². The molecule has 3 heterocycles. The van der Waals surface area contributed by atoms with E-state index in [2.05, 4.69) is 9.97 Å². The maximum atomic E-state index is 13.8. The van der Waals surface area contributed by atoms with E-state index in [0.717, 1.165) is 5.56 Å². The van der Waals surface area contributed by atoms with Gasteiger partial charge in [0.2, 0.25) is 0 Å². The number of nitrogens with one attached hydrogen (secondary N) is 1. The predicted octanol–water partition coefficient (Wildman–Crippen LogP) is 1.68. The lowest BCUT2D eigenvalue weighted by Crippen LogP contribution is -3.00. The molecular formula is C34H27ClN4O7. The monoisotopic (exact) mass is 638 g/mol. The van der Waals surface area contributed by atoms with Crippen molar-refractivity contribution in [2.75, 3.05) is 28.4 Å². The molecule has 0 saturated carbocycles. The van der Waals surface area contributed by atoms with Crippen molar-refractivity contribution in [2.45, 2.75) is 0 Å². The van der Waals surface area contributed by atoms with Gasteiger partial charge in [0.15, 0.2) is 29.7 Å². The molecule has 0 radical (unpaired) electrons. The quantitative estimate of drug-likeness (QED) is 0.240. The second-order valence-electron chi connectivity index (χ2n) is 9.89. The van der Waals surface area contributed by atoms with Gasteiger partial charge >= 0.3 is 11.9 Å². The van der Waals surface area contributed by atoms with Gasteiger partial charge in [-0.3, -0.25) is 4.79 Å². The SMILES string of the molecule is COC(=O)c1cc2cc(OC)c(OC)cc2c(-c2ccnc(-n3nc(-c4ccc[nH+]c4)c4ccccc4c3=O)c2)c1C(=O)OC.[Cl-]. The summed E-state index contributed by atoms with van der Waals surface area (Å²) in [5, 5.41) is 6.99. The second-order valence-corrected chi connectivity index (χ2v) is 9.89. The Hall–Kier alpha value is -5.81. The number of hydrogen-bond acceptors (Lipinski definition) is 9. The highest BCUT2D eigenvalue weighted by molar-refractivity contribution is 6.16. The van der Waals surface area contributed by atoms with E-state index in [1.54, 1.807) is 54.9 Å². The fourth-order valence-electron chi connectivity index (χ4n) is 5.40. The number of halogens is 1. The van der Waals surface area contributed by atoms with Gasteiger partial charge in [-0.25, -0.2) is 19.6 Å². The fourth-order valence-corrected chi connectivity index (χ4v) is 5.40. The molecule has 0 bridgehead atoms. The zero-order chi connectivity index (χ0) is 31.7. The van der Waals surface area contributed by atoms with E-state index in [1.165, 1.54) is 39.3 Å². The fraction of sp³-hybridized carbons (Fsp3) is 0.118. The highest BCUT2D eigenvalue weighted by Gasteiger charge is 2.27. The van der Waals surface area contributed by atoms with Crippen LogP contribution in [0.1, 0.15) is 20.7 Å². The Balaban J connectivity index is 0.00000417. The number of fused-ring (bicyclic) bond motifs is 2. The lowest BCUT2D eigenvalue weighted by Gasteiger charge is -2.18. The topological polar surface area (TPSA) is 133 Å². The molecule has 11 nitrogen and oxygen atoms in total. The third kappa shape index (κ3) is 5.37. The molecule has 0 aliphatic rings. The van der Waals surface area contributed by atoms with Crippen molar-refractivity contribution < 1.29 is 45.9 Å². The predicted molar refractivity (Wildman–Crippen MR) is 166 cm³/mol. The second kappa shape index (κ2) is 13.0. The van der Waals surface area contributed by atoms with Gasteiger partial charge in [0.05, 0.1) is 50.5 Å². The molecular weight excluding hydrogens is 612 g/mol. The molecule has 6 aromatic rings. The Morgan fingerprint density at radius 3 is 2.17 bits per heavy atom. The first-order valence-electron chi connectivity index (χ1n) is 13.7. The number of ether oxygens (including phenoxy) is 4. The molecule has 0 saturated heterocycles. The summed E-state index contributed by atoms with van der Waals surface area (Å²) in [6.45, 7) is 0. The van der Waals surface area contributed by atoms with Crippen LogP contribution in [0.25, 0.3) is 49.7 Å². The van der Waals surface area contributed by atoms with Crippen molar-refractivity contribution in [1.82, 2.24) is 14.8 Å². The summed E-state index contributed by atoms with van der Waals surface area (Å²) in [5.74, 6) is -0.481. The van der Waals surface area contributed by atoms with Crippen molar-refractivity contribution in [2.24, 2.45) is 0 Å². The van der Waals surface area contributed by atoms with Crippen molar-refractivity contribution in [3.8, 4) is 39.7 Å². The van der Waals surface area contributed by atoms with Gasteiger partial charge in [-0.2, -0.15) is 9.78 Å². The van der Waals surface area contributed by atoms with E-state index in [4.69, 9.17) is 24.0 Å². The van der Waals surface area contributed by atoms with E-state index < -0.39 is 11.9 Å². The van der Waals surface area contributed by atoms with Crippen molar-refractivity contribution >= 4 is 33.5 Å². The van der Waals surface area contributed by atoms with Gasteiger partial charge in [0, 0.05) is 23.2 Å². The average molecular weight is 639 g/mol. The maximum absolute atomic E-state index is 13.8. The standard InChI is InChI=1S/C34H26N4O7.ClH/c1-42-26-15-21-14-25(33(40)44-3)30(34(41)45-4)29(24(21)17-27(26)43-2)19-11-13-36-28(16-19)38-32(39)23-10-6-5-9-22(23)31(37-38)20-8-7-12-35-18-20;/h5-18H,1-4H3;1H. The Morgan fingerprint density at radius 1 is 0.783 bits per heavy atom. The van der Waals surface area contributed by atoms with Crippen molar-refractivity contribution in [3.05, 3.63) is 107 Å². The van der Waals surface area contributed by atoms with Gasteiger partial charge in [-0.15, -0.1) is 0 Å². The summed E-state index contributed by atoms with van der Waals surface area (Å²) >= 11 is 0. The largest absolute Gasteiger partial charge is 1.00 e. The summed E-state index contributed by atoms with van der Waals surface area (Å²) in [6, 6.07) is 19.2. The number of methoxy groups -OCH3 is 4. The number of hydrogen-bond donors (Lipinski definition) is 0. The number of benzene rings is 3. The van der Waals surface area contributed by atoms with E-state index in [9.17, 15) is 14.4 Å². The number of carbonyl (C=O) groups is 2. The van der Waals surface area contributed by atoms with Crippen LogP contribution in [0.2, 0.25) is 0 Å². The van der Waals surface area contributed by atoms with E-state index in [1.807, 2.05) is 24.3 Å². The number of pyridine rings is 2. The summed E-state index contributed by atoms with van der Waals surface area (Å²) in [5.41, 5.74) is 1.72. The van der Waals surface area contributed by atoms with Crippen molar-refractivity contribution in [3.63, 3.8) is 0 Å². The molecule has 0 amide bonds. The maximum Gasteiger partial charge on any atom is 0.339 e. The van der Waals surface area contributed by atoms with Crippen molar-refractivity contribution in [1.29, 1.82) is 0 Å². The Labute approximate surface area is 268 Å². The van der Waals surface area contributed by atoms with Gasteiger partial charge < -0.3 is 31.4 Å². The Kier molecular flexibility index (Phi) is 8.97. The first-order valence-corrected chi connectivity index (χ1v) is 13.7. The van der Waals surface area contributed by atoms with E-state index in [0.29, 0.717) is 49.9 Å². The van der Waals surface area contributed by atoms with Crippen LogP contribution >= 0.6 is 0 Å². The molecule has 6 rings (SSSR count). The highest BCUT2D eigenvalue weighted by Crippen LogP contribution is 2.41. The van der Waals surface area contributed by atoms with Crippen LogP contribution in [0.15, 0.2) is 90.1 Å². The molecule has 0 aliphatic heterocycles. The molecule has 46 heavy (non-hydrogen) atoms. The van der Waals surface area contributed by atoms with Gasteiger partial charge in [0.1, 0.15) is 5.69 Å². The molecule has 0 aliphatic carbocycles. The highest BCUT2D eigenvalue weighted by atomic mass is 35.5. The average Bonchev–Trinajstić information content (AvgIpc) is 3.10. The first-order chi connectivity index (χ1) is 21.9. The molecule has 0 atom stereocenters. The molecule has 1 N–H and O–H groups in total. The number of aromatic nitrogens is 4. The van der Waals surface area contributed by atoms with Crippen LogP contribution in [0.5, 0.6) is 11.5 Å². The lowest BCUT2D eigenvalue weighted by molar-refractivity contribution is -0.377. The summed E-state index contributed by atoms with van der Waals surface area (Å²) in [6.07, 6.45) is 5.08. The van der Waals surface area contributed by atoms with E-state index in [-0.39, 0.29) is 34.9 Å². The zero-order valence-corrected chi connectivity index (χ0v) is 25.9. The zero-order valence-electron chi connectivity index (χ0n) is 25.2. The minimum atomic E-state index is -0.760. The third-order valence-electron chi connectivity index (χ3n) is 7.48. The minimum Gasteiger partial charge on any atom is -1.00 e. The lowest BCUT2D eigenvalue weighted by atomic mass is 9.89. The molecule has 3 aromatic carbocycles. The number of carbonyl (C=O) groups excluding carboxylic acids is 2. The van der Waals surface area contributed by atoms with Crippen LogP contribution in [0.4, 0.5) is 0 Å². The Bertz CT molecular complexity index is 2190. The summed E-state index contributed by atoms with van der Waals surface area (Å²) < 4.78 is 22.5. The third-order valence-corrected chi connectivity index (χ3v) is 7.48. The minimum absolute atomic E-state index is 0. The molecule has 3 aromatic heterocycles. The van der Waals surface area contributed by atoms with Crippen LogP contribution in [-0.2, 0) is 9.47 Å². The van der Waals surface area contributed by atoms with Crippen LogP contribution in [-0.4, -0.2) is 55.1 Å². The Morgan fingerprint density at radius 2 is 1.50 bits per heavy atom. The molecule has 0 fully saturated rings. The smallest absolute Gasteiger partial charge is 0.339 e. The number of nitrogens with zero attached hydrogens (tertiary/aromatic N) is 3.